The third kappa shape index (κ3) is 6.28. The minimum Gasteiger partial charge on any atom is -0.466 e. The van der Waals surface area contributed by atoms with Crippen molar-refractivity contribution in [1.29, 1.82) is 0 Å². The molecule has 0 aliphatic carbocycles. The van der Waals surface area contributed by atoms with E-state index in [9.17, 15) is 14.4 Å². The van der Waals surface area contributed by atoms with Gasteiger partial charge in [0, 0.05) is 14.1 Å². The normalized spacial score (nSPS) is 12.7. The lowest BCUT2D eigenvalue weighted by atomic mass is 10.0. The van der Waals surface area contributed by atoms with Gasteiger partial charge in [-0.3, -0.25) is 9.59 Å². The first kappa shape index (κ1) is 19.5. The number of carbonyl (C=O) groups excluding carboxylic acids is 3. The molecular weight excluding hydrogens is 310 g/mol. The first-order valence-electron chi connectivity index (χ1n) is 7.83. The molecule has 1 aromatic rings. The predicted molar refractivity (Wildman–Crippen MR) is 90.3 cm³/mol. The van der Waals surface area contributed by atoms with Crippen LogP contribution in [-0.4, -0.2) is 49.6 Å². The molecule has 2 N–H and O–H groups in total. The summed E-state index contributed by atoms with van der Waals surface area (Å²) >= 11 is 0. The third-order valence-corrected chi connectivity index (χ3v) is 3.34. The molecular formula is C17H25N3O4. The Hall–Kier alpha value is -2.57. The number of nitrogens with one attached hydrogen (secondary N) is 2. The van der Waals surface area contributed by atoms with E-state index >= 15 is 0 Å². The van der Waals surface area contributed by atoms with Crippen molar-refractivity contribution in [1.82, 2.24) is 15.5 Å². The molecule has 1 aromatic carbocycles. The number of ether oxygens (including phenoxy) is 1. The van der Waals surface area contributed by atoms with Gasteiger partial charge in [0.15, 0.2) is 0 Å². The number of esters is 1. The molecule has 0 saturated heterocycles. The first-order chi connectivity index (χ1) is 11.3. The highest BCUT2D eigenvalue weighted by Crippen LogP contribution is 2.17. The van der Waals surface area contributed by atoms with E-state index in [1.54, 1.807) is 27.9 Å². The molecule has 0 saturated carbocycles. The van der Waals surface area contributed by atoms with Crippen molar-refractivity contribution in [2.24, 2.45) is 0 Å². The van der Waals surface area contributed by atoms with Crippen LogP contribution in [-0.2, 0) is 14.3 Å². The zero-order chi connectivity index (χ0) is 18.1. The van der Waals surface area contributed by atoms with Crippen LogP contribution < -0.4 is 10.6 Å². The minimum atomic E-state index is -0.668. The van der Waals surface area contributed by atoms with Crippen LogP contribution in [0, 0.1) is 0 Å². The number of amides is 3. The number of carbonyl (C=O) groups is 3. The van der Waals surface area contributed by atoms with Crippen LogP contribution in [0.4, 0.5) is 4.79 Å². The van der Waals surface area contributed by atoms with E-state index in [2.05, 4.69) is 10.6 Å². The van der Waals surface area contributed by atoms with E-state index in [0.717, 1.165) is 5.56 Å². The second-order valence-electron chi connectivity index (χ2n) is 5.54. The average molecular weight is 335 g/mol. The molecule has 0 aliphatic heterocycles. The SMILES string of the molecule is CCOC(=O)C[C@H](NC(=O)N[C@H](C)C(=O)N(C)C)c1ccccc1. The summed E-state index contributed by atoms with van der Waals surface area (Å²) in [6, 6.07) is 7.41. The van der Waals surface area contributed by atoms with Crippen molar-refractivity contribution in [2.75, 3.05) is 20.7 Å². The van der Waals surface area contributed by atoms with Crippen molar-refractivity contribution in [3.05, 3.63) is 35.9 Å². The molecule has 0 radical (unpaired) electrons. The van der Waals surface area contributed by atoms with Gasteiger partial charge in [0.2, 0.25) is 5.91 Å². The maximum Gasteiger partial charge on any atom is 0.315 e. The number of hydrogen-bond donors (Lipinski definition) is 2. The second-order valence-corrected chi connectivity index (χ2v) is 5.54. The van der Waals surface area contributed by atoms with Crippen LogP contribution in [0.3, 0.4) is 0 Å². The molecule has 7 nitrogen and oxygen atoms in total. The zero-order valence-electron chi connectivity index (χ0n) is 14.5. The summed E-state index contributed by atoms with van der Waals surface area (Å²) in [4.78, 5) is 37.1. The number of likely N-dealkylation sites (N-methyl/N-ethyl adjacent to an activating group) is 1. The van der Waals surface area contributed by atoms with Crippen LogP contribution in [0.5, 0.6) is 0 Å². The lowest BCUT2D eigenvalue weighted by molar-refractivity contribution is -0.143. The summed E-state index contributed by atoms with van der Waals surface area (Å²) in [5, 5.41) is 5.30. The molecule has 0 bridgehead atoms. The summed E-state index contributed by atoms with van der Waals surface area (Å²) in [5.41, 5.74) is 0.785. The molecule has 3 amide bonds. The Morgan fingerprint density at radius 3 is 2.29 bits per heavy atom. The van der Waals surface area contributed by atoms with Crippen molar-refractivity contribution in [3.8, 4) is 0 Å². The quantitative estimate of drug-likeness (QED) is 0.739. The molecule has 132 valence electrons. The Kier molecular flexibility index (Phi) is 7.74. The summed E-state index contributed by atoms with van der Waals surface area (Å²) in [6.07, 6.45) is 0.0152. The smallest absolute Gasteiger partial charge is 0.315 e. The Bertz CT molecular complexity index is 560. The molecule has 7 heteroatoms. The van der Waals surface area contributed by atoms with Crippen LogP contribution in [0.25, 0.3) is 0 Å². The van der Waals surface area contributed by atoms with E-state index < -0.39 is 24.1 Å². The number of benzene rings is 1. The highest BCUT2D eigenvalue weighted by Gasteiger charge is 2.22. The van der Waals surface area contributed by atoms with E-state index in [0.29, 0.717) is 0 Å². The molecule has 1 rings (SSSR count). The minimum absolute atomic E-state index is 0.0152. The molecule has 0 spiro atoms. The van der Waals surface area contributed by atoms with Gasteiger partial charge in [-0.15, -0.1) is 0 Å². The molecule has 0 fully saturated rings. The van der Waals surface area contributed by atoms with Crippen LogP contribution in [0.2, 0.25) is 0 Å². The molecule has 0 aromatic heterocycles. The van der Waals surface area contributed by atoms with E-state index in [4.69, 9.17) is 4.74 Å². The van der Waals surface area contributed by atoms with Gasteiger partial charge in [-0.1, -0.05) is 30.3 Å². The molecule has 0 heterocycles. The Labute approximate surface area is 142 Å². The molecule has 0 unspecified atom stereocenters. The first-order valence-corrected chi connectivity index (χ1v) is 7.83. The third-order valence-electron chi connectivity index (χ3n) is 3.34. The van der Waals surface area contributed by atoms with Crippen LogP contribution in [0.15, 0.2) is 30.3 Å². The predicted octanol–water partition coefficient (Wildman–Crippen LogP) is 1.46. The highest BCUT2D eigenvalue weighted by molar-refractivity contribution is 5.86. The number of hydrogen-bond acceptors (Lipinski definition) is 4. The topological polar surface area (TPSA) is 87.7 Å². The van der Waals surface area contributed by atoms with Gasteiger partial charge in [-0.05, 0) is 19.4 Å². The van der Waals surface area contributed by atoms with Crippen molar-refractivity contribution < 1.29 is 19.1 Å². The summed E-state index contributed by atoms with van der Waals surface area (Å²) in [6.45, 7) is 3.61. The molecule has 2 atom stereocenters. The number of nitrogens with zero attached hydrogens (tertiary/aromatic N) is 1. The second kappa shape index (κ2) is 9.54. The zero-order valence-corrected chi connectivity index (χ0v) is 14.5. The summed E-state index contributed by atoms with van der Waals surface area (Å²) in [5.74, 6) is -0.615. The van der Waals surface area contributed by atoms with Gasteiger partial charge in [-0.2, -0.15) is 0 Å². The maximum atomic E-state index is 12.2. The maximum absolute atomic E-state index is 12.2. The van der Waals surface area contributed by atoms with Crippen LogP contribution >= 0.6 is 0 Å². The summed E-state index contributed by atoms with van der Waals surface area (Å²) in [7, 11) is 3.23. The fourth-order valence-corrected chi connectivity index (χ4v) is 2.17. The Morgan fingerprint density at radius 2 is 1.75 bits per heavy atom. The lowest BCUT2D eigenvalue weighted by Crippen LogP contribution is -2.49. The lowest BCUT2D eigenvalue weighted by Gasteiger charge is -2.22. The van der Waals surface area contributed by atoms with E-state index in [-0.39, 0.29) is 18.9 Å². The Morgan fingerprint density at radius 1 is 1.12 bits per heavy atom. The van der Waals surface area contributed by atoms with E-state index in [1.165, 1.54) is 4.90 Å². The van der Waals surface area contributed by atoms with Crippen molar-refractivity contribution >= 4 is 17.9 Å². The van der Waals surface area contributed by atoms with Gasteiger partial charge >= 0.3 is 12.0 Å². The average Bonchev–Trinajstić information content (AvgIpc) is 2.54. The molecule has 0 aliphatic rings. The van der Waals surface area contributed by atoms with Gasteiger partial charge in [0.1, 0.15) is 6.04 Å². The van der Waals surface area contributed by atoms with Crippen molar-refractivity contribution in [2.45, 2.75) is 32.4 Å². The van der Waals surface area contributed by atoms with Gasteiger partial charge in [0.25, 0.3) is 0 Å². The fourth-order valence-electron chi connectivity index (χ4n) is 2.17. The van der Waals surface area contributed by atoms with Gasteiger partial charge in [0.05, 0.1) is 19.1 Å². The fraction of sp³-hybridized carbons (Fsp3) is 0.471. The van der Waals surface area contributed by atoms with Gasteiger partial charge < -0.3 is 20.3 Å². The monoisotopic (exact) mass is 335 g/mol. The van der Waals surface area contributed by atoms with Gasteiger partial charge in [-0.25, -0.2) is 4.79 Å². The van der Waals surface area contributed by atoms with E-state index in [1.807, 2.05) is 30.3 Å². The molecule has 24 heavy (non-hydrogen) atoms. The van der Waals surface area contributed by atoms with Crippen molar-refractivity contribution in [3.63, 3.8) is 0 Å². The number of rotatable bonds is 7. The van der Waals surface area contributed by atoms with Crippen LogP contribution in [0.1, 0.15) is 31.9 Å². The Balaban J connectivity index is 2.75. The number of urea groups is 1. The standard InChI is InChI=1S/C17H25N3O4/c1-5-24-15(21)11-14(13-9-7-6-8-10-13)19-17(23)18-12(2)16(22)20(3)4/h6-10,12,14H,5,11H2,1-4H3,(H2,18,19,23)/t12-,14+/m1/s1. The highest BCUT2D eigenvalue weighted by atomic mass is 16.5. The summed E-state index contributed by atoms with van der Waals surface area (Å²) < 4.78 is 4.95. The largest absolute Gasteiger partial charge is 0.466 e.